The summed E-state index contributed by atoms with van der Waals surface area (Å²) in [7, 11) is 0. The fraction of sp³-hybridized carbons (Fsp3) is 0.241. The number of fused-ring (bicyclic) bond motifs is 1. The smallest absolute Gasteiger partial charge is 0.185 e. The first-order chi connectivity index (χ1) is 17.1. The summed E-state index contributed by atoms with van der Waals surface area (Å²) in [6, 6.07) is 21.2. The lowest BCUT2D eigenvalue weighted by Crippen LogP contribution is -2.21. The molecule has 1 aliphatic rings. The van der Waals surface area contributed by atoms with Crippen LogP contribution in [-0.4, -0.2) is 17.4 Å². The molecule has 2 aromatic rings. The van der Waals surface area contributed by atoms with Crippen molar-refractivity contribution in [3.8, 4) is 18.2 Å². The van der Waals surface area contributed by atoms with Crippen LogP contribution < -0.4 is 15.3 Å². The molecule has 2 aromatic carbocycles. The number of allylic oxidation sites excluding steroid dienone is 3. The predicted octanol–water partition coefficient (Wildman–Crippen LogP) is 4.82. The first-order valence-corrected chi connectivity index (χ1v) is 12.5. The molecular formula is C29H26N4OS. The average molecular weight is 479 g/mol. The van der Waals surface area contributed by atoms with Gasteiger partial charge in [-0.25, -0.2) is 0 Å². The Hall–Kier alpha value is -4.05. The second-order valence-corrected chi connectivity index (χ2v) is 9.35. The summed E-state index contributed by atoms with van der Waals surface area (Å²) in [6.07, 6.45) is 10.3. The minimum Gasteiger partial charge on any atom is -0.347 e. The quantitative estimate of drug-likeness (QED) is 0.505. The molecule has 0 saturated carbocycles. The number of nitriles is 3. The maximum atomic E-state index is 11.0. The third-order valence-corrected chi connectivity index (χ3v) is 6.59. The Morgan fingerprint density at radius 3 is 2.29 bits per heavy atom. The standard InChI is InChI=1S/C29H26N4OS/c1-22(34)35-17-7-3-2-6-15-33-16-14-25(28-8-4-5-9-29(28)33)18-26(19-30)23-10-12-24(13-11-23)27(20-31)21-32/h4-5,8-14,16,18H,2-3,6-7,15,17H2,1H3/b25-18-. The number of hydrogen-bond acceptors (Lipinski definition) is 6. The zero-order chi connectivity index (χ0) is 25.0. The molecule has 0 fully saturated rings. The van der Waals surface area contributed by atoms with Crippen LogP contribution in [0.25, 0.3) is 16.7 Å². The van der Waals surface area contributed by atoms with Crippen molar-refractivity contribution in [2.45, 2.75) is 32.6 Å². The monoisotopic (exact) mass is 478 g/mol. The van der Waals surface area contributed by atoms with Gasteiger partial charge in [-0.3, -0.25) is 4.79 Å². The van der Waals surface area contributed by atoms with Gasteiger partial charge in [-0.1, -0.05) is 67.1 Å². The molecule has 0 atom stereocenters. The van der Waals surface area contributed by atoms with E-state index in [4.69, 9.17) is 10.5 Å². The maximum Gasteiger partial charge on any atom is 0.185 e. The predicted molar refractivity (Wildman–Crippen MR) is 142 cm³/mol. The molecule has 0 aliphatic carbocycles. The second kappa shape index (κ2) is 13.0. The topological polar surface area (TPSA) is 91.7 Å². The third kappa shape index (κ3) is 6.97. The Morgan fingerprint density at radius 2 is 1.60 bits per heavy atom. The van der Waals surface area contributed by atoms with E-state index in [1.54, 1.807) is 31.2 Å². The van der Waals surface area contributed by atoms with Gasteiger partial charge in [-0.2, -0.15) is 15.8 Å². The largest absolute Gasteiger partial charge is 0.347 e. The zero-order valence-electron chi connectivity index (χ0n) is 19.7. The van der Waals surface area contributed by atoms with Gasteiger partial charge in [-0.15, -0.1) is 0 Å². The molecule has 6 heteroatoms. The Morgan fingerprint density at radius 1 is 0.914 bits per heavy atom. The van der Waals surface area contributed by atoms with Gasteiger partial charge in [0.25, 0.3) is 0 Å². The van der Waals surface area contributed by atoms with E-state index >= 15 is 0 Å². The number of carbonyl (C=O) groups is 1. The highest BCUT2D eigenvalue weighted by molar-refractivity contribution is 8.13. The van der Waals surface area contributed by atoms with E-state index in [0.717, 1.165) is 60.0 Å². The van der Waals surface area contributed by atoms with Crippen LogP contribution in [0, 0.1) is 34.0 Å². The van der Waals surface area contributed by atoms with Gasteiger partial charge in [0.05, 0.1) is 11.6 Å². The van der Waals surface area contributed by atoms with Crippen LogP contribution in [0.1, 0.15) is 38.2 Å². The van der Waals surface area contributed by atoms with E-state index in [1.165, 1.54) is 11.8 Å². The Balaban J connectivity index is 1.79. The van der Waals surface area contributed by atoms with E-state index in [1.807, 2.05) is 36.4 Å². The van der Waals surface area contributed by atoms with Crippen LogP contribution in [0.4, 0.5) is 5.69 Å². The van der Waals surface area contributed by atoms with E-state index in [9.17, 15) is 10.1 Å². The molecule has 3 rings (SSSR count). The van der Waals surface area contributed by atoms with E-state index in [-0.39, 0.29) is 10.7 Å². The Kier molecular flexibility index (Phi) is 9.49. The minimum absolute atomic E-state index is 0.0487. The van der Waals surface area contributed by atoms with Gasteiger partial charge in [0, 0.05) is 41.9 Å². The first kappa shape index (κ1) is 25.6. The number of para-hydroxylation sites is 1. The van der Waals surface area contributed by atoms with Crippen molar-refractivity contribution < 1.29 is 4.79 Å². The zero-order valence-corrected chi connectivity index (χ0v) is 20.5. The molecule has 0 aromatic heterocycles. The van der Waals surface area contributed by atoms with Crippen LogP contribution >= 0.6 is 11.8 Å². The van der Waals surface area contributed by atoms with Crippen LogP contribution in [0.5, 0.6) is 0 Å². The van der Waals surface area contributed by atoms with Crippen LogP contribution in [0.2, 0.25) is 0 Å². The average Bonchev–Trinajstić information content (AvgIpc) is 2.88. The summed E-state index contributed by atoms with van der Waals surface area (Å²) in [5, 5.41) is 29.4. The first-order valence-electron chi connectivity index (χ1n) is 11.5. The Bertz CT molecular complexity index is 1360. The molecule has 0 amide bonds. The van der Waals surface area contributed by atoms with Gasteiger partial charge >= 0.3 is 0 Å². The molecule has 0 spiro atoms. The molecular weight excluding hydrogens is 452 g/mol. The molecule has 174 valence electrons. The lowest BCUT2D eigenvalue weighted by Gasteiger charge is -2.27. The van der Waals surface area contributed by atoms with Gasteiger partial charge in [0.2, 0.25) is 0 Å². The van der Waals surface area contributed by atoms with Gasteiger partial charge in [-0.05, 0) is 41.9 Å². The number of unbranched alkanes of at least 4 members (excludes halogenated alkanes) is 3. The van der Waals surface area contributed by atoms with Crippen molar-refractivity contribution in [3.63, 3.8) is 0 Å². The lowest BCUT2D eigenvalue weighted by atomic mass is 9.97. The molecule has 1 heterocycles. The molecule has 35 heavy (non-hydrogen) atoms. The molecule has 0 N–H and O–H groups in total. The van der Waals surface area contributed by atoms with E-state index in [0.29, 0.717) is 10.8 Å². The maximum absolute atomic E-state index is 11.0. The highest BCUT2D eigenvalue weighted by Gasteiger charge is 2.16. The number of nitrogens with zero attached hydrogens (tertiary/aromatic N) is 4. The summed E-state index contributed by atoms with van der Waals surface area (Å²) in [4.78, 5) is 13.3. The van der Waals surface area contributed by atoms with Crippen molar-refractivity contribution in [2.24, 2.45) is 0 Å². The molecule has 0 bridgehead atoms. The molecule has 0 radical (unpaired) electrons. The normalized spacial score (nSPS) is 12.9. The molecule has 1 aliphatic heterocycles. The summed E-state index contributed by atoms with van der Waals surface area (Å²) < 4.78 is 0. The number of hydrogen-bond donors (Lipinski definition) is 0. The van der Waals surface area contributed by atoms with Gasteiger partial charge in [0.15, 0.2) is 5.12 Å². The van der Waals surface area contributed by atoms with Crippen molar-refractivity contribution >= 4 is 39.3 Å². The highest BCUT2D eigenvalue weighted by atomic mass is 32.2. The molecule has 0 saturated heterocycles. The van der Waals surface area contributed by atoms with Gasteiger partial charge in [0.1, 0.15) is 17.7 Å². The molecule has 0 unspecified atom stereocenters. The summed E-state index contributed by atoms with van der Waals surface area (Å²) in [6.45, 7) is 2.52. The van der Waals surface area contributed by atoms with E-state index in [2.05, 4.69) is 29.3 Å². The summed E-state index contributed by atoms with van der Waals surface area (Å²) in [5.41, 5.74) is 3.70. The van der Waals surface area contributed by atoms with Crippen molar-refractivity contribution in [3.05, 3.63) is 82.9 Å². The number of carbonyl (C=O) groups excluding carboxylic acids is 1. The van der Waals surface area contributed by atoms with Crippen LogP contribution in [0.3, 0.4) is 0 Å². The van der Waals surface area contributed by atoms with Crippen LogP contribution in [0.15, 0.2) is 66.9 Å². The van der Waals surface area contributed by atoms with Crippen molar-refractivity contribution in [1.82, 2.24) is 0 Å². The van der Waals surface area contributed by atoms with Gasteiger partial charge < -0.3 is 4.90 Å². The number of rotatable bonds is 8. The fourth-order valence-electron chi connectivity index (χ4n) is 3.89. The minimum atomic E-state index is 0.0487. The third-order valence-electron chi connectivity index (χ3n) is 5.69. The summed E-state index contributed by atoms with van der Waals surface area (Å²) >= 11 is 1.40. The van der Waals surface area contributed by atoms with Crippen molar-refractivity contribution in [2.75, 3.05) is 17.2 Å². The van der Waals surface area contributed by atoms with Crippen molar-refractivity contribution in [1.29, 1.82) is 15.8 Å². The van der Waals surface area contributed by atoms with Crippen LogP contribution in [-0.2, 0) is 4.79 Å². The SMILES string of the molecule is CC(=O)SCCCCCCN1C=C/C(=C/C(C#N)=c2ccc(=C(C#N)C#N)cc2)c2ccccc21. The highest BCUT2D eigenvalue weighted by Crippen LogP contribution is 2.33. The lowest BCUT2D eigenvalue weighted by molar-refractivity contribution is -0.109. The second-order valence-electron chi connectivity index (χ2n) is 8.08. The summed E-state index contributed by atoms with van der Waals surface area (Å²) in [5.74, 6) is 0.895. The van der Waals surface area contributed by atoms with E-state index < -0.39 is 0 Å². The number of anilines is 1. The Labute approximate surface area is 210 Å². The molecule has 5 nitrogen and oxygen atoms in total. The number of benzene rings is 2. The number of thioether (sulfide) groups is 1. The fourth-order valence-corrected chi connectivity index (χ4v) is 4.53.